The number of hydrogen-bond donors (Lipinski definition) is 2. The van der Waals surface area contributed by atoms with E-state index in [-0.39, 0.29) is 17.3 Å². The highest BCUT2D eigenvalue weighted by Crippen LogP contribution is 2.39. The lowest BCUT2D eigenvalue weighted by Gasteiger charge is -2.30. The minimum absolute atomic E-state index is 0.178. The zero-order chi connectivity index (χ0) is 21.3. The van der Waals surface area contributed by atoms with Crippen LogP contribution in [0.15, 0.2) is 36.1 Å². The van der Waals surface area contributed by atoms with Crippen molar-refractivity contribution in [1.29, 1.82) is 0 Å². The Hall–Kier alpha value is -2.99. The lowest BCUT2D eigenvalue weighted by Crippen LogP contribution is -3.14. The van der Waals surface area contributed by atoms with Crippen molar-refractivity contribution < 1.29 is 29.0 Å². The molecule has 2 atom stereocenters. The molecule has 2 aromatic rings. The summed E-state index contributed by atoms with van der Waals surface area (Å²) in [5.74, 6) is 1.92. The van der Waals surface area contributed by atoms with Crippen LogP contribution in [0.3, 0.4) is 0 Å². The molecule has 1 unspecified atom stereocenters. The second-order valence-corrected chi connectivity index (χ2v) is 7.98. The zero-order valence-electron chi connectivity index (χ0n) is 17.7. The molecule has 4 rings (SSSR count). The Labute approximate surface area is 176 Å². The molecule has 1 saturated heterocycles. The topological polar surface area (TPSA) is 69.4 Å². The van der Waals surface area contributed by atoms with Gasteiger partial charge in [-0.3, -0.25) is 4.79 Å². The highest BCUT2D eigenvalue weighted by molar-refractivity contribution is 6.15. The van der Waals surface area contributed by atoms with Gasteiger partial charge in [-0.25, -0.2) is 0 Å². The van der Waals surface area contributed by atoms with E-state index in [2.05, 4.69) is 6.92 Å². The molecule has 0 aliphatic carbocycles. The molecule has 2 N–H and O–H groups in total. The fraction of sp³-hybridized carbons (Fsp3) is 0.375. The van der Waals surface area contributed by atoms with Crippen LogP contribution in [0.1, 0.15) is 47.7 Å². The van der Waals surface area contributed by atoms with Gasteiger partial charge < -0.3 is 24.2 Å². The smallest absolute Gasteiger partial charge is 0.231 e. The molecule has 6 nitrogen and oxygen atoms in total. The summed E-state index contributed by atoms with van der Waals surface area (Å²) in [6.07, 6.45) is 5.30. The summed E-state index contributed by atoms with van der Waals surface area (Å²) in [6, 6.07) is 9.18. The Balaban J connectivity index is 1.65. The number of nitrogens with one attached hydrogen (secondary N) is 1. The number of carbonyl (C=O) groups excluding carboxylic acids is 1. The second-order valence-electron chi connectivity index (χ2n) is 7.98. The van der Waals surface area contributed by atoms with Crippen LogP contribution in [0.25, 0.3) is 6.08 Å². The monoisotopic (exact) mass is 410 g/mol. The van der Waals surface area contributed by atoms with Gasteiger partial charge in [0.2, 0.25) is 5.78 Å². The van der Waals surface area contributed by atoms with Gasteiger partial charge in [0.15, 0.2) is 23.0 Å². The van der Waals surface area contributed by atoms with Gasteiger partial charge in [-0.05, 0) is 62.1 Å². The highest BCUT2D eigenvalue weighted by atomic mass is 16.5. The molecular formula is C24H28NO5+. The van der Waals surface area contributed by atoms with Crippen molar-refractivity contribution in [3.8, 4) is 23.0 Å². The molecule has 0 spiro atoms. The number of methoxy groups -OCH3 is 2. The first-order valence-electron chi connectivity index (χ1n) is 10.4. The number of ether oxygens (including phenoxy) is 3. The molecule has 0 bridgehead atoms. The van der Waals surface area contributed by atoms with Crippen LogP contribution in [0.2, 0.25) is 0 Å². The minimum atomic E-state index is -0.178. The van der Waals surface area contributed by atoms with Gasteiger partial charge in [0.25, 0.3) is 0 Å². The molecule has 6 heteroatoms. The molecule has 0 radical (unpaired) electrons. The van der Waals surface area contributed by atoms with Crippen molar-refractivity contribution in [1.82, 2.24) is 0 Å². The van der Waals surface area contributed by atoms with E-state index >= 15 is 0 Å². The van der Waals surface area contributed by atoms with E-state index in [0.717, 1.165) is 12.1 Å². The molecule has 30 heavy (non-hydrogen) atoms. The summed E-state index contributed by atoms with van der Waals surface area (Å²) in [6.45, 7) is 3.95. The quantitative estimate of drug-likeness (QED) is 0.742. The van der Waals surface area contributed by atoms with Gasteiger partial charge in [-0.15, -0.1) is 0 Å². The Kier molecular flexibility index (Phi) is 5.68. The van der Waals surface area contributed by atoms with Gasteiger partial charge >= 0.3 is 0 Å². The Morgan fingerprint density at radius 2 is 1.97 bits per heavy atom. The SMILES string of the molecule is COc1ccc(/C=C2\Oc3c(ccc(O)c3C[NH+]3CCCC[C@@H]3C)C2=O)cc1OC. The molecule has 2 aliphatic rings. The zero-order valence-corrected chi connectivity index (χ0v) is 17.7. The number of likely N-dealkylation sites (tertiary alicyclic amines) is 1. The van der Waals surface area contributed by atoms with Gasteiger partial charge in [0.1, 0.15) is 12.3 Å². The summed E-state index contributed by atoms with van der Waals surface area (Å²) in [4.78, 5) is 14.4. The van der Waals surface area contributed by atoms with Gasteiger partial charge in [-0.2, -0.15) is 0 Å². The average molecular weight is 410 g/mol. The first-order valence-corrected chi connectivity index (χ1v) is 10.4. The van der Waals surface area contributed by atoms with Gasteiger partial charge in [0.05, 0.1) is 37.9 Å². The minimum Gasteiger partial charge on any atom is -0.507 e. The van der Waals surface area contributed by atoms with Crippen LogP contribution in [-0.4, -0.2) is 37.7 Å². The second kappa shape index (κ2) is 8.40. The maximum Gasteiger partial charge on any atom is 0.231 e. The summed E-state index contributed by atoms with van der Waals surface area (Å²) < 4.78 is 16.6. The number of phenolic OH excluding ortho intramolecular Hbond substituents is 1. The number of hydrogen-bond acceptors (Lipinski definition) is 5. The number of aromatic hydroxyl groups is 1. The van der Waals surface area contributed by atoms with E-state index < -0.39 is 0 Å². The number of rotatable bonds is 5. The molecule has 0 amide bonds. The third-order valence-electron chi connectivity index (χ3n) is 6.11. The molecule has 1 fully saturated rings. The summed E-state index contributed by atoms with van der Waals surface area (Å²) in [5, 5.41) is 10.5. The molecule has 2 heterocycles. The first-order chi connectivity index (χ1) is 14.5. The Morgan fingerprint density at radius 3 is 2.70 bits per heavy atom. The molecule has 2 aromatic carbocycles. The van der Waals surface area contributed by atoms with E-state index in [1.54, 1.807) is 44.6 Å². The van der Waals surface area contributed by atoms with E-state index in [1.165, 1.54) is 24.2 Å². The van der Waals surface area contributed by atoms with Crippen molar-refractivity contribution in [3.63, 3.8) is 0 Å². The Morgan fingerprint density at radius 1 is 1.17 bits per heavy atom. The van der Waals surface area contributed by atoms with E-state index in [1.807, 2.05) is 6.07 Å². The lowest BCUT2D eigenvalue weighted by atomic mass is 10.0. The molecule has 158 valence electrons. The number of piperidine rings is 1. The number of quaternary nitrogens is 1. The maximum atomic E-state index is 13.0. The van der Waals surface area contributed by atoms with Gasteiger partial charge in [-0.1, -0.05) is 6.07 Å². The number of benzene rings is 2. The van der Waals surface area contributed by atoms with Crippen molar-refractivity contribution in [2.45, 2.75) is 38.8 Å². The van der Waals surface area contributed by atoms with Crippen LogP contribution < -0.4 is 19.1 Å². The number of Topliss-reactive ketones (excluding diaryl/α,β-unsaturated/α-hetero) is 1. The van der Waals surface area contributed by atoms with Crippen molar-refractivity contribution in [3.05, 3.63) is 52.8 Å². The predicted octanol–water partition coefficient (Wildman–Crippen LogP) is 2.98. The van der Waals surface area contributed by atoms with E-state index in [0.29, 0.717) is 41.0 Å². The lowest BCUT2D eigenvalue weighted by molar-refractivity contribution is -0.941. The van der Waals surface area contributed by atoms with E-state index in [9.17, 15) is 9.90 Å². The Bertz CT molecular complexity index is 997. The number of allylic oxidation sites excluding steroid dienone is 1. The third-order valence-corrected chi connectivity index (χ3v) is 6.11. The van der Waals surface area contributed by atoms with Crippen LogP contribution in [0.5, 0.6) is 23.0 Å². The number of carbonyl (C=O) groups is 1. The molecule has 0 aromatic heterocycles. The standard InChI is InChI=1S/C24H27NO5/c1-15-6-4-5-11-25(15)14-18-19(26)9-8-17-23(27)22(30-24(17)18)13-16-7-10-20(28-2)21(12-16)29-3/h7-10,12-13,15,26H,4-6,11,14H2,1-3H3/p+1/b22-13-/t15-/m0/s1. The highest BCUT2D eigenvalue weighted by Gasteiger charge is 2.33. The summed E-state index contributed by atoms with van der Waals surface area (Å²) in [7, 11) is 3.15. The molecular weight excluding hydrogens is 382 g/mol. The third kappa shape index (κ3) is 3.75. The maximum absolute atomic E-state index is 13.0. The number of fused-ring (bicyclic) bond motifs is 1. The van der Waals surface area contributed by atoms with Crippen molar-refractivity contribution in [2.75, 3.05) is 20.8 Å². The average Bonchev–Trinajstić information content (AvgIpc) is 3.07. The largest absolute Gasteiger partial charge is 0.507 e. The summed E-state index contributed by atoms with van der Waals surface area (Å²) >= 11 is 0. The van der Waals surface area contributed by atoms with Crippen LogP contribution in [0.4, 0.5) is 0 Å². The number of phenols is 1. The predicted molar refractivity (Wildman–Crippen MR) is 113 cm³/mol. The van der Waals surface area contributed by atoms with Crippen molar-refractivity contribution >= 4 is 11.9 Å². The van der Waals surface area contributed by atoms with Crippen molar-refractivity contribution in [2.24, 2.45) is 0 Å². The fourth-order valence-electron chi connectivity index (χ4n) is 4.30. The number of ketones is 1. The first kappa shape index (κ1) is 20.3. The van der Waals surface area contributed by atoms with Gasteiger partial charge in [0, 0.05) is 0 Å². The molecule has 2 aliphatic heterocycles. The van der Waals surface area contributed by atoms with Crippen LogP contribution >= 0.6 is 0 Å². The van der Waals surface area contributed by atoms with Crippen LogP contribution in [-0.2, 0) is 6.54 Å². The summed E-state index contributed by atoms with van der Waals surface area (Å²) in [5.41, 5.74) is 1.98. The van der Waals surface area contributed by atoms with E-state index in [4.69, 9.17) is 14.2 Å². The fourth-order valence-corrected chi connectivity index (χ4v) is 4.30. The normalized spacial score (nSPS) is 22.0. The molecule has 0 saturated carbocycles. The van der Waals surface area contributed by atoms with Crippen LogP contribution in [0, 0.1) is 0 Å².